The molecule has 120 valence electrons. The Bertz CT molecular complexity index is 406. The monoisotopic (exact) mass is 293 g/mol. The lowest BCUT2D eigenvalue weighted by Gasteiger charge is -2.26. The van der Waals surface area contributed by atoms with E-state index < -0.39 is 0 Å². The van der Waals surface area contributed by atoms with Crippen LogP contribution in [0, 0.1) is 17.7 Å². The molecule has 1 atom stereocenters. The maximum atomic E-state index is 13.3. The highest BCUT2D eigenvalue weighted by Gasteiger charge is 2.15. The molecule has 1 nitrogen and oxygen atoms in total. The first kappa shape index (κ1) is 18.2. The summed E-state index contributed by atoms with van der Waals surface area (Å²) in [6.07, 6.45) is 4.69. The molecule has 0 saturated heterocycles. The van der Waals surface area contributed by atoms with Crippen LogP contribution in [-0.2, 0) is 6.42 Å². The topological polar surface area (TPSA) is 12.0 Å². The summed E-state index contributed by atoms with van der Waals surface area (Å²) in [5.74, 6) is 1.21. The van der Waals surface area contributed by atoms with Gasteiger partial charge in [0.25, 0.3) is 0 Å². The molecule has 21 heavy (non-hydrogen) atoms. The highest BCUT2D eigenvalue weighted by Crippen LogP contribution is 2.18. The van der Waals surface area contributed by atoms with Gasteiger partial charge in [-0.15, -0.1) is 0 Å². The second-order valence-electron chi connectivity index (χ2n) is 7.66. The largest absolute Gasteiger partial charge is 0.312 e. The highest BCUT2D eigenvalue weighted by molar-refractivity contribution is 5.16. The summed E-state index contributed by atoms with van der Waals surface area (Å²) in [7, 11) is 0. The molecule has 0 radical (unpaired) electrons. The van der Waals surface area contributed by atoms with Crippen molar-refractivity contribution in [1.82, 2.24) is 5.32 Å². The SMILES string of the molecule is CC(C)CCCC(CNC(C)(C)C)Cc1cccc(F)c1. The molecule has 1 aromatic carbocycles. The molecule has 1 unspecified atom stereocenters. The van der Waals surface area contributed by atoms with Crippen LogP contribution >= 0.6 is 0 Å². The molecular weight excluding hydrogens is 261 g/mol. The van der Waals surface area contributed by atoms with E-state index in [0.29, 0.717) is 5.92 Å². The van der Waals surface area contributed by atoms with Crippen molar-refractivity contribution in [3.63, 3.8) is 0 Å². The van der Waals surface area contributed by atoms with E-state index in [1.165, 1.54) is 25.3 Å². The third kappa shape index (κ3) is 8.87. The first-order chi connectivity index (χ1) is 9.76. The first-order valence-corrected chi connectivity index (χ1v) is 8.26. The highest BCUT2D eigenvalue weighted by atomic mass is 19.1. The lowest BCUT2D eigenvalue weighted by atomic mass is 9.91. The van der Waals surface area contributed by atoms with Gasteiger partial charge in [-0.25, -0.2) is 4.39 Å². The van der Waals surface area contributed by atoms with Gasteiger partial charge < -0.3 is 5.32 Å². The minimum absolute atomic E-state index is 0.128. The number of hydrogen-bond donors (Lipinski definition) is 1. The summed E-state index contributed by atoms with van der Waals surface area (Å²) in [5, 5.41) is 3.60. The maximum absolute atomic E-state index is 13.3. The third-order valence-electron chi connectivity index (χ3n) is 3.73. The van der Waals surface area contributed by atoms with Crippen LogP contribution in [0.5, 0.6) is 0 Å². The fraction of sp³-hybridized carbons (Fsp3) is 0.684. The van der Waals surface area contributed by atoms with Gasteiger partial charge in [-0.2, -0.15) is 0 Å². The molecule has 0 aliphatic heterocycles. The standard InChI is InChI=1S/C19H32FN/c1-15(2)8-6-10-17(14-21-19(3,4)5)12-16-9-7-11-18(20)13-16/h7,9,11,13,15,17,21H,6,8,10,12,14H2,1-5H3. The molecule has 1 aromatic rings. The Balaban J connectivity index is 2.57. The van der Waals surface area contributed by atoms with E-state index in [1.807, 2.05) is 12.1 Å². The van der Waals surface area contributed by atoms with Gasteiger partial charge in [0, 0.05) is 5.54 Å². The van der Waals surface area contributed by atoms with Crippen LogP contribution in [-0.4, -0.2) is 12.1 Å². The van der Waals surface area contributed by atoms with Gasteiger partial charge in [-0.1, -0.05) is 38.8 Å². The van der Waals surface area contributed by atoms with Crippen molar-refractivity contribution in [2.45, 2.75) is 65.8 Å². The molecule has 0 heterocycles. The fourth-order valence-corrected chi connectivity index (χ4v) is 2.54. The number of rotatable bonds is 8. The van der Waals surface area contributed by atoms with Crippen molar-refractivity contribution in [1.29, 1.82) is 0 Å². The number of halogens is 1. The normalized spacial score (nSPS) is 13.7. The van der Waals surface area contributed by atoms with E-state index in [1.54, 1.807) is 6.07 Å². The Kier molecular flexibility index (Phi) is 7.37. The Hall–Kier alpha value is -0.890. The Morgan fingerprint density at radius 3 is 2.43 bits per heavy atom. The summed E-state index contributed by atoms with van der Waals surface area (Å²) in [6.45, 7) is 12.1. The lowest BCUT2D eigenvalue weighted by Crippen LogP contribution is -2.39. The molecule has 0 aliphatic rings. The van der Waals surface area contributed by atoms with Crippen molar-refractivity contribution >= 4 is 0 Å². The van der Waals surface area contributed by atoms with Gasteiger partial charge in [0.1, 0.15) is 5.82 Å². The van der Waals surface area contributed by atoms with Crippen LogP contribution in [0.1, 0.15) is 59.4 Å². The van der Waals surface area contributed by atoms with Crippen LogP contribution in [0.4, 0.5) is 4.39 Å². The van der Waals surface area contributed by atoms with Gasteiger partial charge in [0.2, 0.25) is 0 Å². The molecule has 0 amide bonds. The second-order valence-corrected chi connectivity index (χ2v) is 7.66. The predicted octanol–water partition coefficient (Wildman–Crippen LogP) is 5.20. The molecule has 0 aromatic heterocycles. The molecule has 2 heteroatoms. The number of benzene rings is 1. The molecule has 1 rings (SSSR count). The van der Waals surface area contributed by atoms with E-state index in [4.69, 9.17) is 0 Å². The van der Waals surface area contributed by atoms with Gasteiger partial charge in [-0.3, -0.25) is 0 Å². The van der Waals surface area contributed by atoms with Crippen molar-refractivity contribution in [2.24, 2.45) is 11.8 Å². The average molecular weight is 293 g/mol. The molecule has 0 saturated carbocycles. The minimum atomic E-state index is -0.128. The van der Waals surface area contributed by atoms with Crippen LogP contribution in [0.3, 0.4) is 0 Å². The Morgan fingerprint density at radius 1 is 1.14 bits per heavy atom. The van der Waals surface area contributed by atoms with E-state index in [2.05, 4.69) is 39.9 Å². The van der Waals surface area contributed by atoms with Crippen molar-refractivity contribution in [3.05, 3.63) is 35.6 Å². The summed E-state index contributed by atoms with van der Waals surface area (Å²) in [6, 6.07) is 7.04. The van der Waals surface area contributed by atoms with Crippen molar-refractivity contribution in [3.8, 4) is 0 Å². The predicted molar refractivity (Wildman–Crippen MR) is 90.0 cm³/mol. The van der Waals surface area contributed by atoms with Crippen molar-refractivity contribution < 1.29 is 4.39 Å². The molecule has 0 fully saturated rings. The quantitative estimate of drug-likeness (QED) is 0.694. The smallest absolute Gasteiger partial charge is 0.123 e. The number of hydrogen-bond acceptors (Lipinski definition) is 1. The van der Waals surface area contributed by atoms with E-state index >= 15 is 0 Å². The van der Waals surface area contributed by atoms with E-state index in [-0.39, 0.29) is 11.4 Å². The van der Waals surface area contributed by atoms with Crippen LogP contribution in [0.25, 0.3) is 0 Å². The molecular formula is C19H32FN. The van der Waals surface area contributed by atoms with Crippen LogP contribution in [0.15, 0.2) is 24.3 Å². The van der Waals surface area contributed by atoms with Crippen molar-refractivity contribution in [2.75, 3.05) is 6.54 Å². The van der Waals surface area contributed by atoms with Gasteiger partial charge in [0.05, 0.1) is 0 Å². The fourth-order valence-electron chi connectivity index (χ4n) is 2.54. The Labute approximate surface area is 130 Å². The van der Waals surface area contributed by atoms with E-state index in [0.717, 1.165) is 24.4 Å². The average Bonchev–Trinajstić information content (AvgIpc) is 2.34. The summed E-state index contributed by atoms with van der Waals surface area (Å²) in [4.78, 5) is 0. The zero-order valence-corrected chi connectivity index (χ0v) is 14.4. The van der Waals surface area contributed by atoms with Gasteiger partial charge in [-0.05, 0) is 69.7 Å². The van der Waals surface area contributed by atoms with E-state index in [9.17, 15) is 4.39 Å². The van der Waals surface area contributed by atoms with Gasteiger partial charge in [0.15, 0.2) is 0 Å². The molecule has 0 spiro atoms. The zero-order chi connectivity index (χ0) is 15.9. The third-order valence-corrected chi connectivity index (χ3v) is 3.73. The van der Waals surface area contributed by atoms with Crippen LogP contribution < -0.4 is 5.32 Å². The minimum Gasteiger partial charge on any atom is -0.312 e. The van der Waals surface area contributed by atoms with Gasteiger partial charge >= 0.3 is 0 Å². The maximum Gasteiger partial charge on any atom is 0.123 e. The molecule has 1 N–H and O–H groups in total. The molecule has 0 aliphatic carbocycles. The number of nitrogens with one attached hydrogen (secondary N) is 1. The Morgan fingerprint density at radius 2 is 1.86 bits per heavy atom. The zero-order valence-electron chi connectivity index (χ0n) is 14.4. The summed E-state index contributed by atoms with van der Waals surface area (Å²) in [5.41, 5.74) is 1.25. The summed E-state index contributed by atoms with van der Waals surface area (Å²) < 4.78 is 13.3. The second kappa shape index (κ2) is 8.53. The summed E-state index contributed by atoms with van der Waals surface area (Å²) >= 11 is 0. The first-order valence-electron chi connectivity index (χ1n) is 8.26. The lowest BCUT2D eigenvalue weighted by molar-refractivity contribution is 0.344. The molecule has 0 bridgehead atoms. The van der Waals surface area contributed by atoms with Crippen LogP contribution in [0.2, 0.25) is 0 Å².